The van der Waals surface area contributed by atoms with Gasteiger partial charge in [-0.3, -0.25) is 0 Å². The molecule has 5 rings (SSSR count). The second kappa shape index (κ2) is 5.48. The summed E-state index contributed by atoms with van der Waals surface area (Å²) in [5.41, 5.74) is 3.49. The molecule has 0 saturated carbocycles. The van der Waals surface area contributed by atoms with E-state index in [9.17, 15) is 0 Å². The molecule has 2 aromatic heterocycles. The molecule has 0 saturated heterocycles. The van der Waals surface area contributed by atoms with E-state index in [2.05, 4.69) is 65.9 Å². The predicted molar refractivity (Wildman–Crippen MR) is 101 cm³/mol. The summed E-state index contributed by atoms with van der Waals surface area (Å²) < 4.78 is 4.88. The molecule has 3 heteroatoms. The Morgan fingerprint density at radius 1 is 0.708 bits per heavy atom. The Morgan fingerprint density at radius 2 is 1.50 bits per heavy atom. The molecule has 0 fully saturated rings. The number of hydrogen-bond acceptors (Lipinski definition) is 1. The van der Waals surface area contributed by atoms with Crippen molar-refractivity contribution in [1.29, 1.82) is 0 Å². The van der Waals surface area contributed by atoms with Crippen molar-refractivity contribution >= 4 is 33.8 Å². The molecule has 0 radical (unpaired) electrons. The number of hydrogen-bond donors (Lipinski definition) is 0. The van der Waals surface area contributed by atoms with Crippen molar-refractivity contribution in [3.05, 3.63) is 85.2 Å². The summed E-state index contributed by atoms with van der Waals surface area (Å²) in [4.78, 5) is 0. The van der Waals surface area contributed by atoms with Crippen LogP contribution in [0.1, 0.15) is 0 Å². The Bertz CT molecular complexity index is 1150. The third-order valence-electron chi connectivity index (χ3n) is 4.32. The van der Waals surface area contributed by atoms with Crippen LogP contribution >= 0.6 is 0 Å². The monoisotopic (exact) mass is 374 g/mol. The van der Waals surface area contributed by atoms with Gasteiger partial charge < -0.3 is 0 Å². The molecule has 0 amide bonds. The van der Waals surface area contributed by atoms with Gasteiger partial charge in [0.15, 0.2) is 0 Å². The van der Waals surface area contributed by atoms with Crippen molar-refractivity contribution in [1.82, 2.24) is 9.78 Å². The summed E-state index contributed by atoms with van der Waals surface area (Å²) in [5, 5.41) is 7.31. The minimum atomic E-state index is 0.400. The molecule has 0 unspecified atom stereocenters. The molecule has 3 aromatic carbocycles. The van der Waals surface area contributed by atoms with Gasteiger partial charge in [-0.05, 0) is 0 Å². The van der Waals surface area contributed by atoms with Gasteiger partial charge in [0.05, 0.1) is 0 Å². The molecule has 0 spiro atoms. The maximum absolute atomic E-state index is 4.52. The first-order chi connectivity index (χ1) is 11.9. The number of rotatable bonds is 2. The van der Waals surface area contributed by atoms with Gasteiger partial charge in [0.25, 0.3) is 0 Å². The van der Waals surface area contributed by atoms with Crippen LogP contribution in [0.3, 0.4) is 0 Å². The van der Waals surface area contributed by atoms with Gasteiger partial charge in [0.2, 0.25) is 0 Å². The van der Waals surface area contributed by atoms with Gasteiger partial charge in [-0.2, -0.15) is 0 Å². The molecular formula is C21H14N2Se. The van der Waals surface area contributed by atoms with Crippen LogP contribution < -0.4 is 0 Å². The van der Waals surface area contributed by atoms with Gasteiger partial charge in [0, 0.05) is 0 Å². The normalized spacial score (nSPS) is 11.3. The molecule has 5 aromatic rings. The topological polar surface area (TPSA) is 17.8 Å². The SMILES string of the molecule is c1ccc(-n2cc(-c3ccc4c(c3)[se]c3ccccc34)cn2)cc1. The fraction of sp³-hybridized carbons (Fsp3) is 0. The van der Waals surface area contributed by atoms with Gasteiger partial charge in [0.1, 0.15) is 0 Å². The Labute approximate surface area is 145 Å². The molecule has 0 aliphatic rings. The van der Waals surface area contributed by atoms with Crippen LogP contribution in [0, 0.1) is 0 Å². The van der Waals surface area contributed by atoms with E-state index in [4.69, 9.17) is 0 Å². The van der Waals surface area contributed by atoms with E-state index in [1.54, 1.807) is 0 Å². The molecule has 24 heavy (non-hydrogen) atoms. The van der Waals surface area contributed by atoms with Crippen LogP contribution in [0.2, 0.25) is 0 Å². The molecule has 0 bridgehead atoms. The third kappa shape index (κ3) is 2.22. The average Bonchev–Trinajstić information content (AvgIpc) is 3.27. The minimum absolute atomic E-state index is 0.400. The van der Waals surface area contributed by atoms with Crippen LogP contribution in [0.5, 0.6) is 0 Å². The van der Waals surface area contributed by atoms with Crippen molar-refractivity contribution < 1.29 is 0 Å². The molecule has 114 valence electrons. The molecule has 0 N–H and O–H groups in total. The van der Waals surface area contributed by atoms with Crippen LogP contribution in [0.15, 0.2) is 85.2 Å². The van der Waals surface area contributed by atoms with Gasteiger partial charge in [-0.1, -0.05) is 0 Å². The Morgan fingerprint density at radius 3 is 2.42 bits per heavy atom. The number of fused-ring (bicyclic) bond motifs is 3. The summed E-state index contributed by atoms with van der Waals surface area (Å²) in [6, 6.07) is 25.8. The molecule has 2 nitrogen and oxygen atoms in total. The van der Waals surface area contributed by atoms with Crippen LogP contribution in [-0.2, 0) is 0 Å². The number of para-hydroxylation sites is 1. The van der Waals surface area contributed by atoms with Crippen LogP contribution in [0.25, 0.3) is 36.1 Å². The van der Waals surface area contributed by atoms with Crippen LogP contribution in [0.4, 0.5) is 0 Å². The predicted octanol–water partition coefficient (Wildman–Crippen LogP) is 4.90. The molecule has 0 aliphatic heterocycles. The van der Waals surface area contributed by atoms with Crippen LogP contribution in [-0.4, -0.2) is 24.3 Å². The van der Waals surface area contributed by atoms with E-state index < -0.39 is 0 Å². The summed E-state index contributed by atoms with van der Waals surface area (Å²) in [5.74, 6) is 0. The molecule has 2 heterocycles. The van der Waals surface area contributed by atoms with E-state index in [1.165, 1.54) is 24.9 Å². The Hall–Kier alpha value is -2.61. The quantitative estimate of drug-likeness (QED) is 0.403. The number of benzene rings is 3. The van der Waals surface area contributed by atoms with E-state index in [0.717, 1.165) is 11.3 Å². The fourth-order valence-electron chi connectivity index (χ4n) is 3.10. The standard InChI is InChI=1S/C21H14N2Se/c1-2-6-17(7-3-1)23-14-16(13-22-23)15-10-11-19-18-8-4-5-9-20(18)24-21(19)12-15/h1-14H. The van der Waals surface area contributed by atoms with Crippen molar-refractivity contribution in [3.8, 4) is 16.8 Å². The zero-order chi connectivity index (χ0) is 15.9. The van der Waals surface area contributed by atoms with Crippen molar-refractivity contribution in [2.45, 2.75) is 0 Å². The molecular weight excluding hydrogens is 359 g/mol. The van der Waals surface area contributed by atoms with Crippen molar-refractivity contribution in [3.63, 3.8) is 0 Å². The fourth-order valence-corrected chi connectivity index (χ4v) is 5.50. The van der Waals surface area contributed by atoms with E-state index in [1.807, 2.05) is 29.1 Å². The first-order valence-corrected chi connectivity index (χ1v) is 9.61. The summed E-state index contributed by atoms with van der Waals surface area (Å²) in [7, 11) is 0. The molecule has 0 atom stereocenters. The summed E-state index contributed by atoms with van der Waals surface area (Å²) in [6.07, 6.45) is 4.05. The van der Waals surface area contributed by atoms with Gasteiger partial charge in [-0.15, -0.1) is 0 Å². The summed E-state index contributed by atoms with van der Waals surface area (Å²) >= 11 is 0.400. The Balaban J connectivity index is 1.62. The van der Waals surface area contributed by atoms with E-state index in [0.29, 0.717) is 14.5 Å². The third-order valence-corrected chi connectivity index (χ3v) is 6.69. The first-order valence-electron chi connectivity index (χ1n) is 7.90. The van der Waals surface area contributed by atoms with E-state index in [-0.39, 0.29) is 0 Å². The Kier molecular flexibility index (Phi) is 3.15. The van der Waals surface area contributed by atoms with Gasteiger partial charge in [-0.25, -0.2) is 0 Å². The average molecular weight is 373 g/mol. The number of aromatic nitrogens is 2. The second-order valence-corrected chi connectivity index (χ2v) is 8.09. The molecule has 0 aliphatic carbocycles. The van der Waals surface area contributed by atoms with Crippen molar-refractivity contribution in [2.24, 2.45) is 0 Å². The zero-order valence-electron chi connectivity index (χ0n) is 12.9. The zero-order valence-corrected chi connectivity index (χ0v) is 14.6. The second-order valence-electron chi connectivity index (χ2n) is 5.82. The number of nitrogens with zero attached hydrogens (tertiary/aromatic N) is 2. The van der Waals surface area contributed by atoms with Crippen molar-refractivity contribution in [2.75, 3.05) is 0 Å². The van der Waals surface area contributed by atoms with E-state index >= 15 is 0 Å². The van der Waals surface area contributed by atoms with Gasteiger partial charge >= 0.3 is 146 Å². The first kappa shape index (κ1) is 13.8. The maximum atomic E-state index is 4.52. The summed E-state index contributed by atoms with van der Waals surface area (Å²) in [6.45, 7) is 0.